The minimum Gasteiger partial charge on any atom is -0.232 e. The first-order valence-electron chi connectivity index (χ1n) is 6.85. The fourth-order valence-corrected chi connectivity index (χ4v) is 2.83. The maximum absolute atomic E-state index is 8.76. The summed E-state index contributed by atoms with van der Waals surface area (Å²) in [7, 11) is 0. The van der Waals surface area contributed by atoms with Crippen LogP contribution in [0.15, 0.2) is 30.5 Å². The molecule has 96 valence electrons. The third kappa shape index (κ3) is 2.15. The van der Waals surface area contributed by atoms with Gasteiger partial charge in [-0.3, -0.25) is 0 Å². The molecule has 0 N–H and O–H groups in total. The normalized spacial score (nSPS) is 13.3. The van der Waals surface area contributed by atoms with E-state index >= 15 is 0 Å². The zero-order valence-corrected chi connectivity index (χ0v) is 11.3. The van der Waals surface area contributed by atoms with E-state index in [9.17, 15) is 0 Å². The van der Waals surface area contributed by atoms with Crippen molar-refractivity contribution in [1.29, 1.82) is 5.26 Å². The molecular weight excluding hydrogens is 234 g/mol. The predicted molar refractivity (Wildman–Crippen MR) is 73.4 cm³/mol. The molecule has 1 aliphatic rings. The highest BCUT2D eigenvalue weighted by molar-refractivity contribution is 5.59. The zero-order valence-electron chi connectivity index (χ0n) is 11.3. The van der Waals surface area contributed by atoms with E-state index in [0.717, 1.165) is 19.5 Å². The highest BCUT2D eigenvalue weighted by atomic mass is 15.2. The largest absolute Gasteiger partial charge is 0.257 e. The van der Waals surface area contributed by atoms with Gasteiger partial charge in [0.25, 0.3) is 5.82 Å². The Kier molecular flexibility index (Phi) is 3.08. The molecule has 0 atom stereocenters. The Hall–Kier alpha value is -2.08. The zero-order chi connectivity index (χ0) is 13.2. The third-order valence-corrected chi connectivity index (χ3v) is 3.81. The van der Waals surface area contributed by atoms with Gasteiger partial charge in [0.15, 0.2) is 5.69 Å². The highest BCUT2D eigenvalue weighted by Gasteiger charge is 2.28. The Bertz CT molecular complexity index is 629. The molecule has 19 heavy (non-hydrogen) atoms. The van der Waals surface area contributed by atoms with Gasteiger partial charge in [-0.25, -0.2) is 9.13 Å². The number of fused-ring (bicyclic) bond motifs is 1. The summed E-state index contributed by atoms with van der Waals surface area (Å²) >= 11 is 0. The van der Waals surface area contributed by atoms with E-state index < -0.39 is 0 Å². The molecule has 0 bridgehead atoms. The van der Waals surface area contributed by atoms with Crippen LogP contribution in [0.25, 0.3) is 11.3 Å². The summed E-state index contributed by atoms with van der Waals surface area (Å²) in [6.07, 6.45) is 5.12. The van der Waals surface area contributed by atoms with Crippen LogP contribution in [0.1, 0.15) is 24.2 Å². The van der Waals surface area contributed by atoms with Crippen LogP contribution in [0.2, 0.25) is 0 Å². The fourth-order valence-electron chi connectivity index (χ4n) is 2.83. The summed E-state index contributed by atoms with van der Waals surface area (Å²) in [4.78, 5) is 0. The van der Waals surface area contributed by atoms with Gasteiger partial charge in [0, 0.05) is 5.56 Å². The van der Waals surface area contributed by atoms with Crippen LogP contribution >= 0.6 is 0 Å². The van der Waals surface area contributed by atoms with E-state index in [0.29, 0.717) is 6.42 Å². The number of aromatic nitrogens is 2. The molecule has 3 nitrogen and oxygen atoms in total. The van der Waals surface area contributed by atoms with Gasteiger partial charge < -0.3 is 0 Å². The molecule has 0 radical (unpaired) electrons. The number of aryl methyl sites for hydroxylation is 2. The standard InChI is InChI=1S/C16H18N3/c1-13-5-7-14(8-6-13)15-12-18(10-3-9-17)16-4-2-11-19(15)16/h5-8,12H,2-4,10-11H2,1H3/q+1. The summed E-state index contributed by atoms with van der Waals surface area (Å²) in [5.41, 5.74) is 3.84. The van der Waals surface area contributed by atoms with Crippen molar-refractivity contribution in [3.05, 3.63) is 41.9 Å². The fraction of sp³-hybridized carbons (Fsp3) is 0.375. The summed E-state index contributed by atoms with van der Waals surface area (Å²) in [6, 6.07) is 10.9. The lowest BCUT2D eigenvalue weighted by Gasteiger charge is -1.99. The van der Waals surface area contributed by atoms with Crippen molar-refractivity contribution in [3.63, 3.8) is 0 Å². The lowest BCUT2D eigenvalue weighted by atomic mass is 10.1. The Morgan fingerprint density at radius 1 is 1.32 bits per heavy atom. The second-order valence-corrected chi connectivity index (χ2v) is 5.15. The molecule has 0 amide bonds. The number of imidazole rings is 1. The predicted octanol–water partition coefficient (Wildman–Crippen LogP) is 2.61. The van der Waals surface area contributed by atoms with Gasteiger partial charge in [0.05, 0.1) is 25.5 Å². The van der Waals surface area contributed by atoms with Crippen LogP contribution < -0.4 is 4.57 Å². The van der Waals surface area contributed by atoms with Crippen molar-refractivity contribution < 1.29 is 4.57 Å². The number of hydrogen-bond acceptors (Lipinski definition) is 1. The smallest absolute Gasteiger partial charge is 0.232 e. The van der Waals surface area contributed by atoms with Gasteiger partial charge in [-0.2, -0.15) is 5.26 Å². The Morgan fingerprint density at radius 2 is 2.11 bits per heavy atom. The summed E-state index contributed by atoms with van der Waals surface area (Å²) in [5, 5.41) is 8.76. The Labute approximate surface area is 113 Å². The van der Waals surface area contributed by atoms with Crippen molar-refractivity contribution in [2.45, 2.75) is 39.3 Å². The number of nitriles is 1. The first-order valence-corrected chi connectivity index (χ1v) is 6.85. The van der Waals surface area contributed by atoms with Crippen LogP contribution in [-0.2, 0) is 19.5 Å². The van der Waals surface area contributed by atoms with Crippen LogP contribution in [0.5, 0.6) is 0 Å². The SMILES string of the molecule is Cc1ccc(-c2c[n+](CCC#N)c3n2CCC3)cc1. The average Bonchev–Trinajstić information content (AvgIpc) is 3.00. The molecule has 2 aromatic rings. The molecule has 3 rings (SSSR count). The van der Waals surface area contributed by atoms with Gasteiger partial charge >= 0.3 is 0 Å². The molecule has 0 spiro atoms. The van der Waals surface area contributed by atoms with Crippen molar-refractivity contribution in [2.75, 3.05) is 0 Å². The molecule has 1 aromatic heterocycles. The Balaban J connectivity index is 2.02. The third-order valence-electron chi connectivity index (χ3n) is 3.81. The monoisotopic (exact) mass is 252 g/mol. The van der Waals surface area contributed by atoms with Gasteiger partial charge in [-0.05, 0) is 13.3 Å². The molecule has 0 unspecified atom stereocenters. The molecular formula is C16H18N3+. The Morgan fingerprint density at radius 3 is 2.84 bits per heavy atom. The average molecular weight is 252 g/mol. The summed E-state index contributed by atoms with van der Waals surface area (Å²) < 4.78 is 4.66. The molecule has 0 saturated heterocycles. The van der Waals surface area contributed by atoms with Gasteiger partial charge in [-0.1, -0.05) is 29.8 Å². The topological polar surface area (TPSA) is 32.6 Å². The number of benzene rings is 1. The van der Waals surface area contributed by atoms with Crippen LogP contribution in [0.3, 0.4) is 0 Å². The van der Waals surface area contributed by atoms with Gasteiger partial charge in [-0.15, -0.1) is 0 Å². The minimum absolute atomic E-state index is 0.578. The van der Waals surface area contributed by atoms with Crippen LogP contribution in [-0.4, -0.2) is 4.57 Å². The molecule has 0 fully saturated rings. The lowest BCUT2D eigenvalue weighted by Crippen LogP contribution is -2.35. The maximum atomic E-state index is 8.76. The number of hydrogen-bond donors (Lipinski definition) is 0. The first-order chi connectivity index (χ1) is 9.29. The van der Waals surface area contributed by atoms with Crippen molar-refractivity contribution >= 4 is 0 Å². The number of nitrogens with zero attached hydrogens (tertiary/aromatic N) is 3. The van der Waals surface area contributed by atoms with Crippen molar-refractivity contribution in [2.24, 2.45) is 0 Å². The van der Waals surface area contributed by atoms with Gasteiger partial charge in [0.2, 0.25) is 0 Å². The maximum Gasteiger partial charge on any atom is 0.257 e. The van der Waals surface area contributed by atoms with E-state index in [4.69, 9.17) is 5.26 Å². The molecule has 1 aromatic carbocycles. The lowest BCUT2D eigenvalue weighted by molar-refractivity contribution is -0.701. The quantitative estimate of drug-likeness (QED) is 0.773. The summed E-state index contributed by atoms with van der Waals surface area (Å²) in [6.45, 7) is 4.01. The highest BCUT2D eigenvalue weighted by Crippen LogP contribution is 2.25. The molecule has 0 saturated carbocycles. The van der Waals surface area contributed by atoms with E-state index in [-0.39, 0.29) is 0 Å². The van der Waals surface area contributed by atoms with E-state index in [1.165, 1.54) is 29.1 Å². The first kappa shape index (κ1) is 12.0. The second-order valence-electron chi connectivity index (χ2n) is 5.15. The summed E-state index contributed by atoms with van der Waals surface area (Å²) in [5.74, 6) is 1.37. The minimum atomic E-state index is 0.578. The molecule has 2 heterocycles. The second kappa shape index (κ2) is 4.89. The molecule has 1 aliphatic heterocycles. The van der Waals surface area contributed by atoms with Crippen LogP contribution in [0, 0.1) is 18.3 Å². The number of rotatable bonds is 3. The molecule has 3 heteroatoms. The van der Waals surface area contributed by atoms with E-state index in [2.05, 4.69) is 52.6 Å². The van der Waals surface area contributed by atoms with Gasteiger partial charge in [0.1, 0.15) is 12.7 Å². The van der Waals surface area contributed by atoms with Crippen LogP contribution in [0.4, 0.5) is 0 Å². The van der Waals surface area contributed by atoms with E-state index in [1.807, 2.05) is 0 Å². The van der Waals surface area contributed by atoms with Crippen molar-refractivity contribution in [3.8, 4) is 17.3 Å². The van der Waals surface area contributed by atoms with E-state index in [1.54, 1.807) is 0 Å². The molecule has 0 aliphatic carbocycles. The van der Waals surface area contributed by atoms with Crippen molar-refractivity contribution in [1.82, 2.24) is 4.57 Å².